The van der Waals surface area contributed by atoms with Gasteiger partial charge in [-0.05, 0) is 25.7 Å². The molecule has 0 radical (unpaired) electrons. The summed E-state index contributed by atoms with van der Waals surface area (Å²) in [7, 11) is 0. The topological polar surface area (TPSA) is 100 Å². The number of aromatic nitrogens is 2. The van der Waals surface area contributed by atoms with Crippen LogP contribution in [0.25, 0.3) is 11.4 Å². The molecule has 7 heteroatoms. The van der Waals surface area contributed by atoms with Crippen LogP contribution in [0.1, 0.15) is 44.4 Å². The van der Waals surface area contributed by atoms with Gasteiger partial charge in [-0.2, -0.15) is 4.98 Å². The number of amides is 2. The van der Waals surface area contributed by atoms with Crippen LogP contribution in [0.2, 0.25) is 0 Å². The summed E-state index contributed by atoms with van der Waals surface area (Å²) in [5.41, 5.74) is 0.898. The van der Waals surface area contributed by atoms with Crippen molar-refractivity contribution in [2.24, 2.45) is 0 Å². The third-order valence-corrected chi connectivity index (χ3v) is 4.50. The number of rotatable bonds is 5. The second-order valence-corrected chi connectivity index (χ2v) is 6.58. The minimum Gasteiger partial charge on any atom is -0.393 e. The Hall–Kier alpha value is -2.41. The summed E-state index contributed by atoms with van der Waals surface area (Å²) in [6, 6.07) is 9.55. The molecule has 1 aromatic carbocycles. The van der Waals surface area contributed by atoms with E-state index in [1.807, 2.05) is 37.3 Å². The lowest BCUT2D eigenvalue weighted by Gasteiger charge is -2.26. The normalized spacial score (nSPS) is 21.5. The van der Waals surface area contributed by atoms with Crippen molar-refractivity contribution >= 4 is 6.03 Å². The van der Waals surface area contributed by atoms with Gasteiger partial charge in [-0.15, -0.1) is 0 Å². The van der Waals surface area contributed by atoms with Gasteiger partial charge in [0.05, 0.1) is 12.0 Å². The quantitative estimate of drug-likeness (QED) is 0.773. The van der Waals surface area contributed by atoms with E-state index in [-0.39, 0.29) is 24.1 Å². The van der Waals surface area contributed by atoms with E-state index < -0.39 is 0 Å². The monoisotopic (exact) mass is 344 g/mol. The summed E-state index contributed by atoms with van der Waals surface area (Å²) in [6.45, 7) is 2.34. The lowest BCUT2D eigenvalue weighted by molar-refractivity contribution is 0.117. The number of aliphatic hydroxyl groups excluding tert-OH is 1. The van der Waals surface area contributed by atoms with Crippen molar-refractivity contribution in [1.82, 2.24) is 20.8 Å². The number of nitrogens with zero attached hydrogens (tertiary/aromatic N) is 2. The van der Waals surface area contributed by atoms with Gasteiger partial charge in [-0.1, -0.05) is 42.4 Å². The molecule has 3 N–H and O–H groups in total. The summed E-state index contributed by atoms with van der Waals surface area (Å²) in [6.07, 6.45) is 2.89. The molecule has 7 nitrogen and oxygen atoms in total. The van der Waals surface area contributed by atoms with Gasteiger partial charge in [-0.25, -0.2) is 4.79 Å². The fourth-order valence-corrected chi connectivity index (χ4v) is 2.93. The van der Waals surface area contributed by atoms with E-state index in [0.717, 1.165) is 31.2 Å². The Morgan fingerprint density at radius 3 is 2.72 bits per heavy atom. The number of benzene rings is 1. The van der Waals surface area contributed by atoms with Crippen LogP contribution in [0.5, 0.6) is 0 Å². The molecule has 3 rings (SSSR count). The third kappa shape index (κ3) is 4.79. The van der Waals surface area contributed by atoms with Crippen LogP contribution in [0.4, 0.5) is 4.79 Å². The van der Waals surface area contributed by atoms with Crippen molar-refractivity contribution < 1.29 is 14.4 Å². The maximum Gasteiger partial charge on any atom is 0.315 e. The first kappa shape index (κ1) is 17.4. The van der Waals surface area contributed by atoms with E-state index >= 15 is 0 Å². The maximum atomic E-state index is 12.0. The highest BCUT2D eigenvalue weighted by Crippen LogP contribution is 2.20. The molecule has 2 amide bonds. The van der Waals surface area contributed by atoms with E-state index in [4.69, 9.17) is 4.52 Å². The standard InChI is InChI=1S/C18H24N4O3/c1-12(11-19-18(24)20-14-7-9-15(23)10-8-14)17-21-16(22-25-17)13-5-3-2-4-6-13/h2-6,12,14-15,23H,7-11H2,1H3,(H2,19,20,24). The zero-order valence-corrected chi connectivity index (χ0v) is 14.3. The number of carbonyl (C=O) groups excluding carboxylic acids is 1. The molecule has 0 spiro atoms. The highest BCUT2D eigenvalue weighted by molar-refractivity contribution is 5.74. The molecule has 0 saturated heterocycles. The fraction of sp³-hybridized carbons (Fsp3) is 0.500. The Balaban J connectivity index is 1.47. The molecule has 0 aliphatic heterocycles. The van der Waals surface area contributed by atoms with Gasteiger partial charge >= 0.3 is 6.03 Å². The minimum absolute atomic E-state index is 0.0797. The van der Waals surface area contributed by atoms with Crippen LogP contribution in [-0.2, 0) is 0 Å². The van der Waals surface area contributed by atoms with Crippen molar-refractivity contribution in [3.63, 3.8) is 0 Å². The zero-order chi connectivity index (χ0) is 17.6. The first-order chi connectivity index (χ1) is 12.1. The first-order valence-corrected chi connectivity index (χ1v) is 8.73. The van der Waals surface area contributed by atoms with Crippen LogP contribution in [-0.4, -0.2) is 40.0 Å². The minimum atomic E-state index is -0.225. The van der Waals surface area contributed by atoms with Gasteiger partial charge in [0.25, 0.3) is 0 Å². The van der Waals surface area contributed by atoms with Crippen molar-refractivity contribution in [2.45, 2.75) is 50.7 Å². The van der Waals surface area contributed by atoms with E-state index in [9.17, 15) is 9.90 Å². The molecule has 1 aromatic heterocycles. The fourth-order valence-electron chi connectivity index (χ4n) is 2.93. The predicted molar refractivity (Wildman–Crippen MR) is 92.9 cm³/mol. The van der Waals surface area contributed by atoms with E-state index in [1.54, 1.807) is 0 Å². The van der Waals surface area contributed by atoms with Crippen LogP contribution < -0.4 is 10.6 Å². The van der Waals surface area contributed by atoms with Crippen LogP contribution in [0, 0.1) is 0 Å². The van der Waals surface area contributed by atoms with E-state index in [1.165, 1.54) is 0 Å². The number of aliphatic hydroxyl groups is 1. The Bertz CT molecular complexity index is 681. The maximum absolute atomic E-state index is 12.0. The molecule has 1 saturated carbocycles. The van der Waals surface area contributed by atoms with E-state index in [0.29, 0.717) is 18.3 Å². The molecule has 1 atom stereocenters. The number of hydrogen-bond donors (Lipinski definition) is 3. The van der Waals surface area contributed by atoms with Gasteiger partial charge in [0.2, 0.25) is 11.7 Å². The van der Waals surface area contributed by atoms with Gasteiger partial charge < -0.3 is 20.3 Å². The predicted octanol–water partition coefficient (Wildman–Crippen LogP) is 2.44. The molecule has 1 unspecified atom stereocenters. The van der Waals surface area contributed by atoms with Crippen molar-refractivity contribution in [2.75, 3.05) is 6.54 Å². The van der Waals surface area contributed by atoms with Crippen molar-refractivity contribution in [1.29, 1.82) is 0 Å². The zero-order valence-electron chi connectivity index (χ0n) is 14.3. The van der Waals surface area contributed by atoms with Gasteiger partial charge in [-0.3, -0.25) is 0 Å². The highest BCUT2D eigenvalue weighted by Gasteiger charge is 2.21. The Morgan fingerprint density at radius 1 is 1.28 bits per heavy atom. The van der Waals surface area contributed by atoms with Crippen molar-refractivity contribution in [3.8, 4) is 11.4 Å². The van der Waals surface area contributed by atoms with Gasteiger partial charge in [0.15, 0.2) is 0 Å². The molecule has 134 valence electrons. The lowest BCUT2D eigenvalue weighted by atomic mass is 9.93. The molecule has 1 aliphatic rings. The summed E-state index contributed by atoms with van der Waals surface area (Å²) in [5.74, 6) is 0.969. The highest BCUT2D eigenvalue weighted by atomic mass is 16.5. The molecule has 1 fully saturated rings. The van der Waals surface area contributed by atoms with Crippen molar-refractivity contribution in [3.05, 3.63) is 36.2 Å². The summed E-state index contributed by atoms with van der Waals surface area (Å²) >= 11 is 0. The van der Waals surface area contributed by atoms with Crippen LogP contribution >= 0.6 is 0 Å². The molecular weight excluding hydrogens is 320 g/mol. The lowest BCUT2D eigenvalue weighted by Crippen LogP contribution is -2.45. The molecular formula is C18H24N4O3. The summed E-state index contributed by atoms with van der Waals surface area (Å²) < 4.78 is 5.31. The largest absolute Gasteiger partial charge is 0.393 e. The van der Waals surface area contributed by atoms with Gasteiger partial charge in [0.1, 0.15) is 0 Å². The molecule has 1 heterocycles. The summed E-state index contributed by atoms with van der Waals surface area (Å²) in [4.78, 5) is 16.4. The molecule has 1 aliphatic carbocycles. The SMILES string of the molecule is CC(CNC(=O)NC1CCC(O)CC1)c1nc(-c2ccccc2)no1. The average molecular weight is 344 g/mol. The Labute approximate surface area is 146 Å². The summed E-state index contributed by atoms with van der Waals surface area (Å²) in [5, 5.41) is 19.3. The second kappa shape index (κ2) is 8.11. The second-order valence-electron chi connectivity index (χ2n) is 6.58. The first-order valence-electron chi connectivity index (χ1n) is 8.73. The van der Waals surface area contributed by atoms with E-state index in [2.05, 4.69) is 20.8 Å². The van der Waals surface area contributed by atoms with Crippen LogP contribution in [0.15, 0.2) is 34.9 Å². The van der Waals surface area contributed by atoms with Gasteiger partial charge in [0, 0.05) is 18.2 Å². The van der Waals surface area contributed by atoms with Crippen LogP contribution in [0.3, 0.4) is 0 Å². The Kier molecular flexibility index (Phi) is 5.65. The molecule has 25 heavy (non-hydrogen) atoms. The number of hydrogen-bond acceptors (Lipinski definition) is 5. The third-order valence-electron chi connectivity index (χ3n) is 4.50. The molecule has 0 bridgehead atoms. The Morgan fingerprint density at radius 2 is 2.00 bits per heavy atom. The number of carbonyl (C=O) groups is 1. The molecule has 2 aromatic rings. The average Bonchev–Trinajstić information content (AvgIpc) is 3.13. The smallest absolute Gasteiger partial charge is 0.315 e. The number of nitrogens with one attached hydrogen (secondary N) is 2. The number of urea groups is 1.